The number of H-pyrrole nitrogens is 1. The molecule has 0 saturated heterocycles. The molecule has 0 saturated carbocycles. The van der Waals surface area contributed by atoms with Gasteiger partial charge in [0.2, 0.25) is 10.0 Å². The standard InChI is InChI=1S/C23H21N3O3S/c1-15-8-9-20(27)22-18(13-16-6-4-3-5-7-16)23(25-19(22)12-15)17-10-11-24-21(14-17)26-30(2,28)29/h3-12,14,25H,13H2,1-2H3,(H,24,26). The van der Waals surface area contributed by atoms with Gasteiger partial charge in [-0.3, -0.25) is 9.52 Å². The van der Waals surface area contributed by atoms with E-state index in [1.165, 1.54) is 0 Å². The first-order valence-electron chi connectivity index (χ1n) is 9.44. The fraction of sp³-hybridized carbons (Fsp3) is 0.130. The van der Waals surface area contributed by atoms with E-state index in [1.54, 1.807) is 24.4 Å². The zero-order chi connectivity index (χ0) is 21.3. The summed E-state index contributed by atoms with van der Waals surface area (Å²) in [5.41, 5.74) is 5.12. The van der Waals surface area contributed by atoms with Crippen LogP contribution in [-0.2, 0) is 16.4 Å². The molecule has 0 fully saturated rings. The Balaban J connectivity index is 1.96. The van der Waals surface area contributed by atoms with Gasteiger partial charge in [-0.1, -0.05) is 36.4 Å². The molecule has 2 N–H and O–H groups in total. The van der Waals surface area contributed by atoms with Crippen molar-refractivity contribution in [3.8, 4) is 11.3 Å². The van der Waals surface area contributed by atoms with Crippen LogP contribution in [0.15, 0.2) is 71.7 Å². The van der Waals surface area contributed by atoms with Gasteiger partial charge in [-0.15, -0.1) is 0 Å². The normalized spacial score (nSPS) is 11.5. The van der Waals surface area contributed by atoms with Gasteiger partial charge in [0, 0.05) is 18.2 Å². The Labute approximate surface area is 174 Å². The zero-order valence-electron chi connectivity index (χ0n) is 16.6. The molecule has 0 aliphatic rings. The van der Waals surface area contributed by atoms with Crippen LogP contribution in [0.2, 0.25) is 0 Å². The van der Waals surface area contributed by atoms with Crippen LogP contribution in [0.25, 0.3) is 22.2 Å². The van der Waals surface area contributed by atoms with E-state index in [0.717, 1.165) is 39.7 Å². The first-order chi connectivity index (χ1) is 14.3. The largest absolute Gasteiger partial charge is 0.354 e. The Bertz CT molecular complexity index is 1390. The molecular weight excluding hydrogens is 398 g/mol. The van der Waals surface area contributed by atoms with Crippen LogP contribution in [0.1, 0.15) is 16.7 Å². The van der Waals surface area contributed by atoms with Gasteiger partial charge >= 0.3 is 0 Å². The number of aromatic nitrogens is 2. The molecule has 152 valence electrons. The highest BCUT2D eigenvalue weighted by molar-refractivity contribution is 7.92. The third kappa shape index (κ3) is 4.26. The fourth-order valence-corrected chi connectivity index (χ4v) is 4.06. The first-order valence-corrected chi connectivity index (χ1v) is 11.3. The summed E-state index contributed by atoms with van der Waals surface area (Å²) in [4.78, 5) is 20.4. The van der Waals surface area contributed by atoms with Gasteiger partial charge in [0.25, 0.3) is 0 Å². The monoisotopic (exact) mass is 419 g/mol. The van der Waals surface area contributed by atoms with Crippen LogP contribution >= 0.6 is 0 Å². The molecule has 2 heterocycles. The van der Waals surface area contributed by atoms with E-state index in [4.69, 9.17) is 0 Å². The quantitative estimate of drug-likeness (QED) is 0.514. The predicted molar refractivity (Wildman–Crippen MR) is 120 cm³/mol. The summed E-state index contributed by atoms with van der Waals surface area (Å²) in [5, 5.41) is 0.636. The number of nitrogens with zero attached hydrogens (tertiary/aromatic N) is 1. The lowest BCUT2D eigenvalue weighted by molar-refractivity contribution is 0.606. The van der Waals surface area contributed by atoms with Crippen molar-refractivity contribution in [1.29, 1.82) is 0 Å². The van der Waals surface area contributed by atoms with Crippen molar-refractivity contribution in [1.82, 2.24) is 9.97 Å². The molecule has 0 radical (unpaired) electrons. The molecule has 7 heteroatoms. The molecule has 0 aliphatic heterocycles. The molecule has 0 atom stereocenters. The number of aromatic amines is 1. The molecule has 0 amide bonds. The minimum absolute atomic E-state index is 0.0601. The van der Waals surface area contributed by atoms with E-state index in [1.807, 2.05) is 49.4 Å². The van der Waals surface area contributed by atoms with Crippen LogP contribution in [0.5, 0.6) is 0 Å². The third-order valence-corrected chi connectivity index (χ3v) is 5.39. The number of nitrogens with one attached hydrogen (secondary N) is 2. The van der Waals surface area contributed by atoms with Crippen molar-refractivity contribution in [2.24, 2.45) is 0 Å². The van der Waals surface area contributed by atoms with Crippen LogP contribution < -0.4 is 10.2 Å². The van der Waals surface area contributed by atoms with Crippen molar-refractivity contribution < 1.29 is 8.42 Å². The maximum absolute atomic E-state index is 12.9. The number of sulfonamides is 1. The van der Waals surface area contributed by atoms with Crippen molar-refractivity contribution >= 4 is 26.7 Å². The van der Waals surface area contributed by atoms with Crippen LogP contribution in [-0.4, -0.2) is 24.6 Å². The van der Waals surface area contributed by atoms with Crippen molar-refractivity contribution in [2.45, 2.75) is 13.3 Å². The molecular formula is C23H21N3O3S. The molecule has 2 aromatic carbocycles. The SMILES string of the molecule is Cc1ccc(=O)c2c(Cc3ccccc3)c(-c3ccnc(NS(C)(=O)=O)c3)[nH]c2c1. The molecule has 4 aromatic rings. The number of aryl methyl sites for hydroxylation is 1. The summed E-state index contributed by atoms with van der Waals surface area (Å²) in [7, 11) is -3.45. The number of rotatable bonds is 5. The zero-order valence-corrected chi connectivity index (χ0v) is 17.5. The Morgan fingerprint density at radius 2 is 1.80 bits per heavy atom. The van der Waals surface area contributed by atoms with Gasteiger partial charge in [0.05, 0.1) is 22.9 Å². The fourth-order valence-electron chi connectivity index (χ4n) is 3.57. The highest BCUT2D eigenvalue weighted by Crippen LogP contribution is 2.31. The molecule has 4 rings (SSSR count). The summed E-state index contributed by atoms with van der Waals surface area (Å²) < 4.78 is 25.6. The number of anilines is 1. The Hall–Kier alpha value is -3.45. The lowest BCUT2D eigenvalue weighted by atomic mass is 9.99. The average Bonchev–Trinajstić information content (AvgIpc) is 2.96. The Morgan fingerprint density at radius 1 is 1.03 bits per heavy atom. The molecule has 6 nitrogen and oxygen atoms in total. The molecule has 0 unspecified atom stereocenters. The third-order valence-electron chi connectivity index (χ3n) is 4.81. The molecule has 0 aliphatic carbocycles. The number of hydrogen-bond acceptors (Lipinski definition) is 4. The van der Waals surface area contributed by atoms with E-state index >= 15 is 0 Å². The van der Waals surface area contributed by atoms with E-state index < -0.39 is 10.0 Å². The van der Waals surface area contributed by atoms with Gasteiger partial charge in [-0.05, 0) is 47.9 Å². The maximum Gasteiger partial charge on any atom is 0.230 e. The van der Waals surface area contributed by atoms with Crippen molar-refractivity contribution in [2.75, 3.05) is 11.0 Å². The lowest BCUT2D eigenvalue weighted by Gasteiger charge is -2.08. The van der Waals surface area contributed by atoms with Gasteiger partial charge in [-0.2, -0.15) is 0 Å². The van der Waals surface area contributed by atoms with Crippen LogP contribution in [0.4, 0.5) is 5.82 Å². The summed E-state index contributed by atoms with van der Waals surface area (Å²) in [6.07, 6.45) is 3.19. The predicted octanol–water partition coefficient (Wildman–Crippen LogP) is 3.86. The van der Waals surface area contributed by atoms with Gasteiger partial charge in [0.15, 0.2) is 5.43 Å². The van der Waals surface area contributed by atoms with Crippen molar-refractivity contribution in [3.63, 3.8) is 0 Å². The number of fused-ring (bicyclic) bond motifs is 1. The van der Waals surface area contributed by atoms with E-state index in [9.17, 15) is 13.2 Å². The lowest BCUT2D eigenvalue weighted by Crippen LogP contribution is -2.10. The topological polar surface area (TPSA) is 91.9 Å². The van der Waals surface area contributed by atoms with Crippen LogP contribution in [0, 0.1) is 6.92 Å². The second-order valence-electron chi connectivity index (χ2n) is 7.32. The second kappa shape index (κ2) is 7.76. The minimum Gasteiger partial charge on any atom is -0.354 e. The van der Waals surface area contributed by atoms with E-state index in [0.29, 0.717) is 11.8 Å². The molecule has 0 bridgehead atoms. The molecule has 0 spiro atoms. The summed E-state index contributed by atoms with van der Waals surface area (Å²) in [6, 6.07) is 18.7. The summed E-state index contributed by atoms with van der Waals surface area (Å²) >= 11 is 0. The van der Waals surface area contributed by atoms with Gasteiger partial charge in [0.1, 0.15) is 5.82 Å². The maximum atomic E-state index is 12.9. The number of benzene rings is 1. The second-order valence-corrected chi connectivity index (χ2v) is 9.07. The highest BCUT2D eigenvalue weighted by atomic mass is 32.2. The number of hydrogen-bond donors (Lipinski definition) is 2. The summed E-state index contributed by atoms with van der Waals surface area (Å²) in [5.74, 6) is 0.225. The van der Waals surface area contributed by atoms with Crippen molar-refractivity contribution in [3.05, 3.63) is 93.8 Å². The Morgan fingerprint density at radius 3 is 2.53 bits per heavy atom. The molecule has 30 heavy (non-hydrogen) atoms. The smallest absolute Gasteiger partial charge is 0.230 e. The average molecular weight is 420 g/mol. The number of pyridine rings is 1. The van der Waals surface area contributed by atoms with E-state index in [2.05, 4.69) is 14.7 Å². The first kappa shape index (κ1) is 19.8. The van der Waals surface area contributed by atoms with E-state index in [-0.39, 0.29) is 11.2 Å². The highest BCUT2D eigenvalue weighted by Gasteiger charge is 2.17. The van der Waals surface area contributed by atoms with Crippen LogP contribution in [0.3, 0.4) is 0 Å². The van der Waals surface area contributed by atoms with Gasteiger partial charge in [-0.25, -0.2) is 13.4 Å². The summed E-state index contributed by atoms with van der Waals surface area (Å²) in [6.45, 7) is 1.94. The Kier molecular flexibility index (Phi) is 5.13. The molecule has 2 aromatic heterocycles. The van der Waals surface area contributed by atoms with Gasteiger partial charge < -0.3 is 4.98 Å². The minimum atomic E-state index is -3.45.